The molecule has 4 heteroatoms. The lowest BCUT2D eigenvalue weighted by Crippen LogP contribution is -2.29. The molecule has 0 saturated heterocycles. The Morgan fingerprint density at radius 2 is 1.55 bits per heavy atom. The number of ether oxygens (including phenoxy) is 1. The highest BCUT2D eigenvalue weighted by atomic mass is 16.6. The number of hydrogen-bond acceptors (Lipinski definition) is 3. The van der Waals surface area contributed by atoms with Crippen molar-refractivity contribution in [1.29, 1.82) is 0 Å². The minimum Gasteiger partial charge on any atom is -0.478 e. The van der Waals surface area contributed by atoms with Crippen LogP contribution in [0.2, 0.25) is 0 Å². The van der Waals surface area contributed by atoms with Gasteiger partial charge in [-0.25, -0.2) is 9.59 Å². The van der Waals surface area contributed by atoms with Gasteiger partial charge in [-0.05, 0) is 31.0 Å². The van der Waals surface area contributed by atoms with Crippen LogP contribution in [0.5, 0.6) is 0 Å². The van der Waals surface area contributed by atoms with Gasteiger partial charge in [-0.3, -0.25) is 0 Å². The standard InChI is InChI=1S/C18H18O4/c1-3-18(2,13-9-5-4-6-10-13)22-17(21)15-12-8-7-11-14(15)16(19)20/h4-12H,3H2,1-2H3,(H,19,20)/t18-/m0/s1. The Kier molecular flexibility index (Phi) is 4.61. The second-order valence-electron chi connectivity index (χ2n) is 5.19. The number of rotatable bonds is 5. The predicted molar refractivity (Wildman–Crippen MR) is 82.9 cm³/mol. The summed E-state index contributed by atoms with van der Waals surface area (Å²) in [7, 11) is 0. The molecule has 22 heavy (non-hydrogen) atoms. The summed E-state index contributed by atoms with van der Waals surface area (Å²) < 4.78 is 5.65. The van der Waals surface area contributed by atoms with Gasteiger partial charge in [0.05, 0.1) is 11.1 Å². The zero-order chi connectivity index (χ0) is 16.2. The minimum absolute atomic E-state index is 0.0565. The number of carbonyl (C=O) groups is 2. The minimum atomic E-state index is -1.15. The highest BCUT2D eigenvalue weighted by Gasteiger charge is 2.30. The molecule has 0 aromatic heterocycles. The van der Waals surface area contributed by atoms with Crippen LogP contribution in [0.3, 0.4) is 0 Å². The van der Waals surface area contributed by atoms with E-state index in [0.717, 1.165) is 5.56 Å². The van der Waals surface area contributed by atoms with Gasteiger partial charge in [0.15, 0.2) is 0 Å². The van der Waals surface area contributed by atoms with Gasteiger partial charge in [0.1, 0.15) is 5.60 Å². The Labute approximate surface area is 129 Å². The summed E-state index contributed by atoms with van der Waals surface area (Å²) in [6.45, 7) is 3.74. The summed E-state index contributed by atoms with van der Waals surface area (Å²) in [4.78, 5) is 23.7. The molecular weight excluding hydrogens is 280 g/mol. The van der Waals surface area contributed by atoms with Crippen LogP contribution in [0.4, 0.5) is 0 Å². The molecule has 0 aliphatic carbocycles. The van der Waals surface area contributed by atoms with E-state index < -0.39 is 17.5 Å². The molecule has 0 fully saturated rings. The monoisotopic (exact) mass is 298 g/mol. The molecule has 0 radical (unpaired) electrons. The summed E-state index contributed by atoms with van der Waals surface area (Å²) in [5.74, 6) is -1.78. The Hall–Kier alpha value is -2.62. The molecule has 2 aromatic carbocycles. The Balaban J connectivity index is 2.33. The Morgan fingerprint density at radius 3 is 2.09 bits per heavy atom. The second kappa shape index (κ2) is 6.43. The van der Waals surface area contributed by atoms with Crippen LogP contribution < -0.4 is 0 Å². The highest BCUT2D eigenvalue weighted by molar-refractivity contribution is 6.02. The molecule has 2 aromatic rings. The smallest absolute Gasteiger partial charge is 0.339 e. The van der Waals surface area contributed by atoms with Gasteiger partial charge in [0.2, 0.25) is 0 Å². The number of carboxylic acids is 1. The van der Waals surface area contributed by atoms with Crippen molar-refractivity contribution in [2.45, 2.75) is 25.9 Å². The van der Waals surface area contributed by atoms with Crippen LogP contribution in [0, 0.1) is 0 Å². The maximum atomic E-state index is 12.4. The van der Waals surface area contributed by atoms with Crippen LogP contribution in [0.25, 0.3) is 0 Å². The maximum Gasteiger partial charge on any atom is 0.339 e. The fourth-order valence-corrected chi connectivity index (χ4v) is 2.23. The van der Waals surface area contributed by atoms with E-state index in [9.17, 15) is 14.7 Å². The summed E-state index contributed by atoms with van der Waals surface area (Å²) >= 11 is 0. The third-order valence-electron chi connectivity index (χ3n) is 3.75. The first kappa shape index (κ1) is 15.8. The van der Waals surface area contributed by atoms with Crippen molar-refractivity contribution in [2.24, 2.45) is 0 Å². The normalized spacial score (nSPS) is 13.2. The van der Waals surface area contributed by atoms with E-state index >= 15 is 0 Å². The molecule has 0 heterocycles. The summed E-state index contributed by atoms with van der Waals surface area (Å²) in [6.07, 6.45) is 0.581. The highest BCUT2D eigenvalue weighted by Crippen LogP contribution is 2.30. The van der Waals surface area contributed by atoms with Crippen LogP contribution in [-0.4, -0.2) is 17.0 Å². The quantitative estimate of drug-likeness (QED) is 0.851. The molecule has 0 unspecified atom stereocenters. The van der Waals surface area contributed by atoms with E-state index in [0.29, 0.717) is 6.42 Å². The van der Waals surface area contributed by atoms with E-state index in [2.05, 4.69) is 0 Å². The molecule has 114 valence electrons. The predicted octanol–water partition coefficient (Wildman–Crippen LogP) is 3.87. The zero-order valence-corrected chi connectivity index (χ0v) is 12.6. The molecule has 1 N–H and O–H groups in total. The number of carbonyl (C=O) groups excluding carboxylic acids is 1. The fourth-order valence-electron chi connectivity index (χ4n) is 2.23. The second-order valence-corrected chi connectivity index (χ2v) is 5.19. The van der Waals surface area contributed by atoms with Crippen LogP contribution in [0.15, 0.2) is 54.6 Å². The number of benzene rings is 2. The summed E-state index contributed by atoms with van der Waals surface area (Å²) in [5, 5.41) is 9.18. The summed E-state index contributed by atoms with van der Waals surface area (Å²) in [6, 6.07) is 15.5. The third kappa shape index (κ3) is 3.17. The Morgan fingerprint density at radius 1 is 1.00 bits per heavy atom. The van der Waals surface area contributed by atoms with Crippen molar-refractivity contribution in [2.75, 3.05) is 0 Å². The van der Waals surface area contributed by atoms with E-state index in [1.165, 1.54) is 12.1 Å². The first-order chi connectivity index (χ1) is 10.5. The first-order valence-corrected chi connectivity index (χ1v) is 7.09. The van der Waals surface area contributed by atoms with Crippen molar-refractivity contribution >= 4 is 11.9 Å². The fraction of sp³-hybridized carbons (Fsp3) is 0.222. The Bertz CT molecular complexity index is 678. The van der Waals surface area contributed by atoms with Crippen molar-refractivity contribution in [3.05, 3.63) is 71.3 Å². The molecule has 0 aliphatic rings. The number of hydrogen-bond donors (Lipinski definition) is 1. The van der Waals surface area contributed by atoms with Gasteiger partial charge >= 0.3 is 11.9 Å². The molecule has 4 nitrogen and oxygen atoms in total. The van der Waals surface area contributed by atoms with Gasteiger partial charge in [0, 0.05) is 0 Å². The number of aromatic carboxylic acids is 1. The maximum absolute atomic E-state index is 12.4. The number of carboxylic acid groups (broad SMARTS) is 1. The lowest BCUT2D eigenvalue weighted by atomic mass is 9.93. The average molecular weight is 298 g/mol. The number of esters is 1. The molecule has 2 rings (SSSR count). The SMILES string of the molecule is CC[C@](C)(OC(=O)c1ccccc1C(=O)O)c1ccccc1. The lowest BCUT2D eigenvalue weighted by molar-refractivity contribution is -0.0143. The van der Waals surface area contributed by atoms with E-state index in [1.54, 1.807) is 12.1 Å². The van der Waals surface area contributed by atoms with Gasteiger partial charge in [0.25, 0.3) is 0 Å². The van der Waals surface area contributed by atoms with Crippen molar-refractivity contribution < 1.29 is 19.4 Å². The summed E-state index contributed by atoms with van der Waals surface area (Å²) in [5.41, 5.74) is 0.0764. The van der Waals surface area contributed by atoms with Crippen molar-refractivity contribution in [3.63, 3.8) is 0 Å². The first-order valence-electron chi connectivity index (χ1n) is 7.09. The van der Waals surface area contributed by atoms with E-state index in [4.69, 9.17) is 4.74 Å². The van der Waals surface area contributed by atoms with Gasteiger partial charge < -0.3 is 9.84 Å². The van der Waals surface area contributed by atoms with Gasteiger partial charge in [-0.15, -0.1) is 0 Å². The van der Waals surface area contributed by atoms with E-state index in [-0.39, 0.29) is 11.1 Å². The molecule has 0 spiro atoms. The molecule has 0 bridgehead atoms. The third-order valence-corrected chi connectivity index (χ3v) is 3.75. The van der Waals surface area contributed by atoms with Crippen LogP contribution >= 0.6 is 0 Å². The van der Waals surface area contributed by atoms with E-state index in [1.807, 2.05) is 44.2 Å². The molecule has 1 atom stereocenters. The molecule has 0 saturated carbocycles. The van der Waals surface area contributed by atoms with Gasteiger partial charge in [-0.1, -0.05) is 49.4 Å². The molecule has 0 aliphatic heterocycles. The largest absolute Gasteiger partial charge is 0.478 e. The lowest BCUT2D eigenvalue weighted by Gasteiger charge is -2.29. The van der Waals surface area contributed by atoms with Gasteiger partial charge in [-0.2, -0.15) is 0 Å². The van der Waals surface area contributed by atoms with Crippen molar-refractivity contribution in [1.82, 2.24) is 0 Å². The zero-order valence-electron chi connectivity index (χ0n) is 12.6. The van der Waals surface area contributed by atoms with Crippen LogP contribution in [-0.2, 0) is 10.3 Å². The van der Waals surface area contributed by atoms with Crippen LogP contribution in [0.1, 0.15) is 46.5 Å². The molecular formula is C18H18O4. The van der Waals surface area contributed by atoms with Crippen molar-refractivity contribution in [3.8, 4) is 0 Å². The average Bonchev–Trinajstić information content (AvgIpc) is 2.55. The topological polar surface area (TPSA) is 63.6 Å². The molecule has 0 amide bonds.